The first kappa shape index (κ1) is 31.2. The molecule has 3 aromatic rings. The van der Waals surface area contributed by atoms with Gasteiger partial charge in [0.25, 0.3) is 5.56 Å². The van der Waals surface area contributed by atoms with Gasteiger partial charge in [0.1, 0.15) is 34.5 Å². The van der Waals surface area contributed by atoms with Crippen LogP contribution in [0.5, 0.6) is 0 Å². The van der Waals surface area contributed by atoms with Crippen LogP contribution in [0.1, 0.15) is 68.8 Å². The van der Waals surface area contributed by atoms with Crippen LogP contribution in [-0.2, 0) is 23.2 Å². The van der Waals surface area contributed by atoms with E-state index >= 15 is 0 Å². The van der Waals surface area contributed by atoms with Crippen LogP contribution >= 0.6 is 0 Å². The SMILES string of the molecule is CN(c1c(C#N)c(=O)n(C)c2ccc(C#N)nc12)C1CCC(/C(=N\OC(C)(C)C)c2cccc(CN3CCOCC3)c2)CC1. The molecule has 5 rings (SSSR count). The number of benzene rings is 1. The maximum absolute atomic E-state index is 13.2. The summed E-state index contributed by atoms with van der Waals surface area (Å²) in [6.45, 7) is 10.3. The van der Waals surface area contributed by atoms with Crippen molar-refractivity contribution < 1.29 is 9.57 Å². The van der Waals surface area contributed by atoms with Crippen molar-refractivity contribution in [3.8, 4) is 12.1 Å². The van der Waals surface area contributed by atoms with E-state index in [9.17, 15) is 15.3 Å². The average Bonchev–Trinajstić information content (AvgIpc) is 3.02. The van der Waals surface area contributed by atoms with Crippen molar-refractivity contribution in [3.63, 3.8) is 0 Å². The molecule has 230 valence electrons. The van der Waals surface area contributed by atoms with Crippen LogP contribution in [0.25, 0.3) is 11.0 Å². The summed E-state index contributed by atoms with van der Waals surface area (Å²) >= 11 is 0. The van der Waals surface area contributed by atoms with Crippen LogP contribution in [0.2, 0.25) is 0 Å². The highest BCUT2D eigenvalue weighted by atomic mass is 16.6. The lowest BCUT2D eigenvalue weighted by atomic mass is 9.80. The number of anilines is 1. The first-order valence-electron chi connectivity index (χ1n) is 15.3. The maximum atomic E-state index is 13.2. The van der Waals surface area contributed by atoms with Crippen molar-refractivity contribution in [2.45, 2.75) is 64.6 Å². The van der Waals surface area contributed by atoms with E-state index in [0.29, 0.717) is 16.7 Å². The first-order valence-corrected chi connectivity index (χ1v) is 15.3. The molecule has 1 aliphatic heterocycles. The molecule has 1 aromatic carbocycles. The topological polar surface area (TPSA) is 120 Å². The second-order valence-electron chi connectivity index (χ2n) is 12.8. The van der Waals surface area contributed by atoms with Crippen LogP contribution in [0, 0.1) is 28.6 Å². The predicted molar refractivity (Wildman–Crippen MR) is 170 cm³/mol. The van der Waals surface area contributed by atoms with Crippen LogP contribution in [0.15, 0.2) is 46.3 Å². The van der Waals surface area contributed by atoms with Gasteiger partial charge in [0.05, 0.1) is 30.1 Å². The highest BCUT2D eigenvalue weighted by Crippen LogP contribution is 2.35. The van der Waals surface area contributed by atoms with E-state index in [2.05, 4.69) is 46.3 Å². The molecule has 1 saturated carbocycles. The number of nitrogens with zero attached hydrogens (tertiary/aromatic N) is 7. The zero-order chi connectivity index (χ0) is 31.4. The monoisotopic (exact) mass is 595 g/mol. The minimum atomic E-state index is -0.419. The van der Waals surface area contributed by atoms with Gasteiger partial charge in [-0.25, -0.2) is 4.98 Å². The van der Waals surface area contributed by atoms with Gasteiger partial charge in [0, 0.05) is 45.7 Å². The Labute approximate surface area is 259 Å². The summed E-state index contributed by atoms with van der Waals surface area (Å²) < 4.78 is 6.95. The van der Waals surface area contributed by atoms with E-state index in [-0.39, 0.29) is 28.8 Å². The van der Waals surface area contributed by atoms with Gasteiger partial charge < -0.3 is 19.0 Å². The van der Waals surface area contributed by atoms with Crippen molar-refractivity contribution in [1.82, 2.24) is 14.5 Å². The van der Waals surface area contributed by atoms with E-state index in [1.165, 1.54) is 10.1 Å². The van der Waals surface area contributed by atoms with Gasteiger partial charge in [-0.05, 0) is 75.8 Å². The molecule has 0 N–H and O–H groups in total. The Hall–Kier alpha value is -4.25. The van der Waals surface area contributed by atoms with Gasteiger partial charge in [-0.15, -0.1) is 0 Å². The molecule has 0 bridgehead atoms. The summed E-state index contributed by atoms with van der Waals surface area (Å²) in [6.07, 6.45) is 3.42. The predicted octanol–water partition coefficient (Wildman–Crippen LogP) is 4.72. The van der Waals surface area contributed by atoms with E-state index < -0.39 is 5.60 Å². The Morgan fingerprint density at radius 1 is 1.11 bits per heavy atom. The zero-order valence-electron chi connectivity index (χ0n) is 26.3. The number of aromatic nitrogens is 2. The highest BCUT2D eigenvalue weighted by molar-refractivity contribution is 6.02. The fraction of sp³-hybridized carbons (Fsp3) is 0.500. The van der Waals surface area contributed by atoms with Gasteiger partial charge >= 0.3 is 0 Å². The number of fused-ring (bicyclic) bond motifs is 1. The number of ether oxygens (including phenoxy) is 1. The Morgan fingerprint density at radius 2 is 1.84 bits per heavy atom. The number of pyridine rings is 2. The van der Waals surface area contributed by atoms with Crippen molar-refractivity contribution in [1.29, 1.82) is 10.5 Å². The van der Waals surface area contributed by atoms with E-state index in [1.54, 1.807) is 19.2 Å². The molecule has 10 heteroatoms. The van der Waals surface area contributed by atoms with Crippen LogP contribution in [0.3, 0.4) is 0 Å². The molecular weight excluding hydrogens is 554 g/mol. The second kappa shape index (κ2) is 13.2. The van der Waals surface area contributed by atoms with E-state index in [0.717, 1.165) is 69.8 Å². The van der Waals surface area contributed by atoms with Crippen molar-refractivity contribution in [2.75, 3.05) is 38.3 Å². The second-order valence-corrected chi connectivity index (χ2v) is 12.8. The molecule has 3 heterocycles. The summed E-state index contributed by atoms with van der Waals surface area (Å²) in [5, 5.41) is 24.3. The third-order valence-electron chi connectivity index (χ3n) is 8.58. The molecule has 10 nitrogen and oxygen atoms in total. The first-order chi connectivity index (χ1) is 21.1. The molecule has 1 aliphatic carbocycles. The number of aryl methyl sites for hydroxylation is 1. The minimum Gasteiger partial charge on any atom is -0.390 e. The minimum absolute atomic E-state index is 0.0464. The smallest absolute Gasteiger partial charge is 0.270 e. The maximum Gasteiger partial charge on any atom is 0.270 e. The molecule has 0 radical (unpaired) electrons. The number of oxime groups is 1. The fourth-order valence-electron chi connectivity index (χ4n) is 6.21. The number of hydrogen-bond acceptors (Lipinski definition) is 9. The largest absolute Gasteiger partial charge is 0.390 e. The van der Waals surface area contributed by atoms with Gasteiger partial charge in [-0.1, -0.05) is 23.4 Å². The summed E-state index contributed by atoms with van der Waals surface area (Å²) in [5.41, 5.74) is 4.36. The molecule has 0 unspecified atom stereocenters. The summed E-state index contributed by atoms with van der Waals surface area (Å²) in [7, 11) is 3.55. The Balaban J connectivity index is 1.41. The van der Waals surface area contributed by atoms with Gasteiger partial charge in [-0.3, -0.25) is 9.69 Å². The number of morpholine rings is 1. The van der Waals surface area contributed by atoms with E-state index in [4.69, 9.17) is 14.7 Å². The molecule has 2 fully saturated rings. The lowest BCUT2D eigenvalue weighted by Gasteiger charge is -2.37. The summed E-state index contributed by atoms with van der Waals surface area (Å²) in [5.74, 6) is 0.194. The van der Waals surface area contributed by atoms with Crippen LogP contribution in [-0.4, -0.2) is 65.2 Å². The Morgan fingerprint density at radius 3 is 2.50 bits per heavy atom. The Bertz CT molecular complexity index is 1680. The summed E-state index contributed by atoms with van der Waals surface area (Å²) in [4.78, 5) is 28.1. The van der Waals surface area contributed by atoms with E-state index in [1.807, 2.05) is 32.7 Å². The third kappa shape index (κ3) is 6.77. The number of nitriles is 2. The molecule has 2 aliphatic rings. The number of rotatable bonds is 7. The van der Waals surface area contributed by atoms with Crippen molar-refractivity contribution >= 4 is 22.4 Å². The lowest BCUT2D eigenvalue weighted by Crippen LogP contribution is -2.39. The summed E-state index contributed by atoms with van der Waals surface area (Å²) in [6, 6.07) is 16.2. The third-order valence-corrected chi connectivity index (χ3v) is 8.58. The molecular formula is C34H41N7O3. The molecule has 0 spiro atoms. The normalized spacial score (nSPS) is 19.8. The fourth-order valence-corrected chi connectivity index (χ4v) is 6.21. The standard InChI is InChI=1S/C34H41N7O3/c1-34(2,3)44-38-30(25-8-6-7-23(19-25)22-41-15-17-43-18-16-41)24-9-12-27(13-10-24)39(4)32-28(21-36)33(42)40(5)29-14-11-26(20-35)37-31(29)32/h6-8,11,14,19,24,27H,9-10,12-13,15-18,22H2,1-5H3/b38-30+. The molecule has 2 aromatic heterocycles. The van der Waals surface area contributed by atoms with Crippen molar-refractivity contribution in [2.24, 2.45) is 18.1 Å². The quantitative estimate of drug-likeness (QED) is 0.284. The average molecular weight is 596 g/mol. The lowest BCUT2D eigenvalue weighted by molar-refractivity contribution is -0.0000299. The Kier molecular flexibility index (Phi) is 9.33. The van der Waals surface area contributed by atoms with Gasteiger partial charge in [-0.2, -0.15) is 10.5 Å². The molecule has 0 atom stereocenters. The van der Waals surface area contributed by atoms with Crippen LogP contribution < -0.4 is 10.5 Å². The molecule has 0 amide bonds. The van der Waals surface area contributed by atoms with Gasteiger partial charge in [0.2, 0.25) is 0 Å². The zero-order valence-corrected chi connectivity index (χ0v) is 26.3. The highest BCUT2D eigenvalue weighted by Gasteiger charge is 2.31. The number of hydrogen-bond donors (Lipinski definition) is 0. The van der Waals surface area contributed by atoms with Crippen molar-refractivity contribution in [3.05, 3.63) is 69.1 Å². The molecule has 1 saturated heterocycles. The molecule has 44 heavy (non-hydrogen) atoms. The van der Waals surface area contributed by atoms with Crippen LogP contribution in [0.4, 0.5) is 5.69 Å². The van der Waals surface area contributed by atoms with Gasteiger partial charge in [0.15, 0.2) is 0 Å².